The Labute approximate surface area is 167 Å². The number of nitrogens with one attached hydrogen (secondary N) is 1. The number of rotatable bonds is 8. The smallest absolute Gasteiger partial charge is 0.126 e. The fraction of sp³-hybridized carbons (Fsp3) is 0.280. The average molecular weight is 376 g/mol. The van der Waals surface area contributed by atoms with Gasteiger partial charge in [0.15, 0.2) is 0 Å². The first-order chi connectivity index (χ1) is 13.6. The van der Waals surface area contributed by atoms with Crippen LogP contribution in [0.3, 0.4) is 0 Å². The van der Waals surface area contributed by atoms with Crippen LogP contribution in [0.5, 0.6) is 11.5 Å². The number of phenols is 2. The summed E-state index contributed by atoms with van der Waals surface area (Å²) in [5.74, 6) is 1.10. The van der Waals surface area contributed by atoms with Crippen molar-refractivity contribution in [2.75, 3.05) is 13.1 Å². The van der Waals surface area contributed by atoms with Crippen molar-refractivity contribution in [2.24, 2.45) is 0 Å². The third-order valence-corrected chi connectivity index (χ3v) is 5.12. The molecule has 0 heterocycles. The van der Waals surface area contributed by atoms with Gasteiger partial charge >= 0.3 is 0 Å². The third-order valence-electron chi connectivity index (χ3n) is 5.12. The van der Waals surface area contributed by atoms with Gasteiger partial charge in [-0.05, 0) is 54.1 Å². The molecule has 0 unspecified atom stereocenters. The molecule has 3 aromatic carbocycles. The molecular weight excluding hydrogens is 346 g/mol. The number of hydrogen-bond acceptors (Lipinski definition) is 3. The molecule has 3 heteroatoms. The highest BCUT2D eigenvalue weighted by Gasteiger charge is 2.10. The Morgan fingerprint density at radius 3 is 1.96 bits per heavy atom. The summed E-state index contributed by atoms with van der Waals surface area (Å²) in [7, 11) is 0. The molecule has 3 rings (SSSR count). The molecule has 0 saturated heterocycles. The molecule has 0 fully saturated rings. The molecule has 0 bridgehead atoms. The van der Waals surface area contributed by atoms with Gasteiger partial charge in [-0.2, -0.15) is 0 Å². The van der Waals surface area contributed by atoms with E-state index in [0.717, 1.165) is 53.7 Å². The average Bonchev–Trinajstić information content (AvgIpc) is 2.70. The van der Waals surface area contributed by atoms with Crippen LogP contribution in [0.2, 0.25) is 0 Å². The van der Waals surface area contributed by atoms with E-state index in [0.29, 0.717) is 17.4 Å². The number of para-hydroxylation sites is 2. The quantitative estimate of drug-likeness (QED) is 0.471. The first-order valence-electron chi connectivity index (χ1n) is 9.95. The molecule has 0 aromatic heterocycles. The molecular formula is C25H29NO2. The lowest BCUT2D eigenvalue weighted by atomic mass is 9.98. The molecule has 3 N–H and O–H groups in total. The lowest BCUT2D eigenvalue weighted by Gasteiger charge is -2.13. The topological polar surface area (TPSA) is 52.5 Å². The van der Waals surface area contributed by atoms with E-state index in [9.17, 15) is 10.2 Å². The van der Waals surface area contributed by atoms with Gasteiger partial charge in [-0.15, -0.1) is 0 Å². The highest BCUT2D eigenvalue weighted by molar-refractivity contribution is 5.71. The molecule has 0 spiro atoms. The Hall–Kier alpha value is -2.78. The SMILES string of the molecule is CC(C)c1cccc(CCNCCc2cccc(-c3ccccc3)c2O)c1O. The molecule has 28 heavy (non-hydrogen) atoms. The van der Waals surface area contributed by atoms with Crippen molar-refractivity contribution >= 4 is 0 Å². The molecule has 0 saturated carbocycles. The van der Waals surface area contributed by atoms with Crippen molar-refractivity contribution in [1.29, 1.82) is 0 Å². The zero-order valence-corrected chi connectivity index (χ0v) is 16.7. The minimum atomic E-state index is 0.313. The van der Waals surface area contributed by atoms with Gasteiger partial charge in [-0.3, -0.25) is 0 Å². The molecule has 3 aromatic rings. The van der Waals surface area contributed by atoms with Crippen molar-refractivity contribution < 1.29 is 10.2 Å². The summed E-state index contributed by atoms with van der Waals surface area (Å²) in [6.45, 7) is 5.74. The number of phenolic OH excluding ortho intramolecular Hbond substituents is 2. The maximum absolute atomic E-state index is 10.6. The molecule has 3 nitrogen and oxygen atoms in total. The first kappa shape index (κ1) is 20.0. The van der Waals surface area contributed by atoms with Crippen LogP contribution in [0.15, 0.2) is 66.7 Å². The first-order valence-corrected chi connectivity index (χ1v) is 9.95. The van der Waals surface area contributed by atoms with Crippen LogP contribution in [0, 0.1) is 0 Å². The van der Waals surface area contributed by atoms with Gasteiger partial charge in [-0.1, -0.05) is 80.6 Å². The van der Waals surface area contributed by atoms with E-state index >= 15 is 0 Å². The summed E-state index contributed by atoms with van der Waals surface area (Å²) >= 11 is 0. The van der Waals surface area contributed by atoms with Crippen molar-refractivity contribution in [3.05, 3.63) is 83.4 Å². The maximum Gasteiger partial charge on any atom is 0.126 e. The summed E-state index contributed by atoms with van der Waals surface area (Å²) in [5.41, 5.74) is 4.81. The maximum atomic E-state index is 10.6. The molecule has 0 amide bonds. The standard InChI is InChI=1S/C25H29NO2/c1-18(2)22-12-6-10-20(24(22)27)14-16-26-17-15-21-11-7-13-23(25(21)28)19-8-4-3-5-9-19/h3-13,18,26-28H,14-17H2,1-2H3. The van der Waals surface area contributed by atoms with Crippen LogP contribution < -0.4 is 5.32 Å². The van der Waals surface area contributed by atoms with Gasteiger partial charge in [0.25, 0.3) is 0 Å². The third kappa shape index (κ3) is 4.73. The summed E-state index contributed by atoms with van der Waals surface area (Å²) in [5, 5.41) is 24.5. The molecule has 146 valence electrons. The second-order valence-electron chi connectivity index (χ2n) is 7.44. The second-order valence-corrected chi connectivity index (χ2v) is 7.44. The zero-order chi connectivity index (χ0) is 19.9. The lowest BCUT2D eigenvalue weighted by Crippen LogP contribution is -2.20. The molecule has 0 radical (unpaired) electrons. The Morgan fingerprint density at radius 2 is 1.32 bits per heavy atom. The van der Waals surface area contributed by atoms with E-state index in [1.54, 1.807) is 0 Å². The van der Waals surface area contributed by atoms with Crippen molar-refractivity contribution in [1.82, 2.24) is 5.32 Å². The minimum Gasteiger partial charge on any atom is -0.507 e. The molecule has 0 atom stereocenters. The summed E-state index contributed by atoms with van der Waals surface area (Å²) in [4.78, 5) is 0. The van der Waals surface area contributed by atoms with Crippen LogP contribution in [0.1, 0.15) is 36.5 Å². The van der Waals surface area contributed by atoms with Crippen LogP contribution in [-0.4, -0.2) is 23.3 Å². The van der Waals surface area contributed by atoms with E-state index in [4.69, 9.17) is 0 Å². The highest BCUT2D eigenvalue weighted by atomic mass is 16.3. The van der Waals surface area contributed by atoms with E-state index in [1.807, 2.05) is 66.7 Å². The number of benzene rings is 3. The zero-order valence-electron chi connectivity index (χ0n) is 16.7. The minimum absolute atomic E-state index is 0.313. The lowest BCUT2D eigenvalue weighted by molar-refractivity contribution is 0.456. The van der Waals surface area contributed by atoms with E-state index < -0.39 is 0 Å². The van der Waals surface area contributed by atoms with Crippen LogP contribution in [0.4, 0.5) is 0 Å². The Balaban J connectivity index is 1.55. The normalized spacial score (nSPS) is 11.1. The highest BCUT2D eigenvalue weighted by Crippen LogP contribution is 2.32. The van der Waals surface area contributed by atoms with Gasteiger partial charge < -0.3 is 15.5 Å². The summed E-state index contributed by atoms with van der Waals surface area (Å²) < 4.78 is 0. The summed E-state index contributed by atoms with van der Waals surface area (Å²) in [6, 6.07) is 21.8. The Kier molecular flexibility index (Phi) is 6.72. The van der Waals surface area contributed by atoms with E-state index in [2.05, 4.69) is 19.2 Å². The predicted molar refractivity (Wildman–Crippen MR) is 116 cm³/mol. The van der Waals surface area contributed by atoms with Gasteiger partial charge in [0.2, 0.25) is 0 Å². The van der Waals surface area contributed by atoms with Gasteiger partial charge in [0.1, 0.15) is 11.5 Å². The molecule has 0 aliphatic rings. The molecule has 0 aliphatic heterocycles. The van der Waals surface area contributed by atoms with Gasteiger partial charge in [-0.25, -0.2) is 0 Å². The van der Waals surface area contributed by atoms with Crippen LogP contribution >= 0.6 is 0 Å². The second kappa shape index (κ2) is 9.43. The summed E-state index contributed by atoms with van der Waals surface area (Å²) in [6.07, 6.45) is 1.53. The largest absolute Gasteiger partial charge is 0.507 e. The number of aromatic hydroxyl groups is 2. The van der Waals surface area contributed by atoms with Crippen LogP contribution in [-0.2, 0) is 12.8 Å². The van der Waals surface area contributed by atoms with E-state index in [1.165, 1.54) is 0 Å². The van der Waals surface area contributed by atoms with Gasteiger partial charge in [0, 0.05) is 5.56 Å². The van der Waals surface area contributed by atoms with Gasteiger partial charge in [0.05, 0.1) is 0 Å². The Bertz CT molecular complexity index is 904. The Morgan fingerprint density at radius 1 is 0.714 bits per heavy atom. The fourth-order valence-corrected chi connectivity index (χ4v) is 3.49. The van der Waals surface area contributed by atoms with Crippen LogP contribution in [0.25, 0.3) is 11.1 Å². The fourth-order valence-electron chi connectivity index (χ4n) is 3.49. The number of hydrogen-bond donors (Lipinski definition) is 3. The predicted octanol–water partition coefficient (Wildman–Crippen LogP) is 5.26. The van der Waals surface area contributed by atoms with Crippen molar-refractivity contribution in [3.63, 3.8) is 0 Å². The van der Waals surface area contributed by atoms with Crippen molar-refractivity contribution in [2.45, 2.75) is 32.6 Å². The molecule has 0 aliphatic carbocycles. The van der Waals surface area contributed by atoms with E-state index in [-0.39, 0.29) is 0 Å². The van der Waals surface area contributed by atoms with Crippen molar-refractivity contribution in [3.8, 4) is 22.6 Å². The monoisotopic (exact) mass is 375 g/mol.